The van der Waals surface area contributed by atoms with E-state index in [1.807, 2.05) is 0 Å². The molecule has 0 radical (unpaired) electrons. The highest BCUT2D eigenvalue weighted by atomic mass is 32.2. The third kappa shape index (κ3) is 3.17. The van der Waals surface area contributed by atoms with Crippen LogP contribution >= 0.6 is 0 Å². The summed E-state index contributed by atoms with van der Waals surface area (Å²) >= 11 is 0. The van der Waals surface area contributed by atoms with Gasteiger partial charge in [-0.3, -0.25) is 9.48 Å². The molecule has 2 rings (SSSR count). The summed E-state index contributed by atoms with van der Waals surface area (Å²) in [6, 6.07) is 0. The fourth-order valence-electron chi connectivity index (χ4n) is 2.17. The molecule has 1 atom stereocenters. The second-order valence-electron chi connectivity index (χ2n) is 4.84. The van der Waals surface area contributed by atoms with Crippen LogP contribution in [0.2, 0.25) is 0 Å². The molecule has 8 nitrogen and oxygen atoms in total. The molecule has 3 N–H and O–H groups in total. The Morgan fingerprint density at radius 1 is 1.55 bits per heavy atom. The van der Waals surface area contributed by atoms with Gasteiger partial charge in [-0.25, -0.2) is 8.42 Å². The molecule has 0 saturated carbocycles. The molecule has 9 heteroatoms. The van der Waals surface area contributed by atoms with Crippen LogP contribution in [0.15, 0.2) is 17.3 Å². The third-order valence-corrected chi connectivity index (χ3v) is 5.20. The number of nitrogens with zero attached hydrogens (tertiary/aromatic N) is 3. The van der Waals surface area contributed by atoms with Crippen LogP contribution in [0.5, 0.6) is 0 Å². The largest absolute Gasteiger partial charge is 0.481 e. The highest BCUT2D eigenvalue weighted by Crippen LogP contribution is 2.23. The number of aryl methyl sites for hydroxylation is 1. The van der Waals surface area contributed by atoms with E-state index < -0.39 is 16.0 Å². The smallest absolute Gasteiger partial charge is 0.305 e. The molecule has 0 aromatic carbocycles. The molecule has 112 valence electrons. The first-order valence-corrected chi connectivity index (χ1v) is 7.82. The molecule has 1 aromatic rings. The zero-order chi connectivity index (χ0) is 14.8. The lowest BCUT2D eigenvalue weighted by Crippen LogP contribution is -2.29. The average Bonchev–Trinajstić information content (AvgIpc) is 3.05. The molecule has 1 aliphatic heterocycles. The van der Waals surface area contributed by atoms with E-state index in [1.54, 1.807) is 0 Å². The molecule has 1 aromatic heterocycles. The van der Waals surface area contributed by atoms with E-state index in [4.69, 9.17) is 10.8 Å². The minimum absolute atomic E-state index is 0.0971. The standard InChI is InChI=1S/C11H18N4O4S/c12-5-9-1-4-15(7-9)20(18,19)10-6-13-14(8-10)3-2-11(16)17/h6,8-9H,1-5,7,12H2,(H,16,17). The van der Waals surface area contributed by atoms with Gasteiger partial charge in [0.2, 0.25) is 10.0 Å². The summed E-state index contributed by atoms with van der Waals surface area (Å²) in [7, 11) is -3.55. The van der Waals surface area contributed by atoms with Gasteiger partial charge in [0.15, 0.2) is 0 Å². The summed E-state index contributed by atoms with van der Waals surface area (Å²) in [6.45, 7) is 1.52. The van der Waals surface area contributed by atoms with Gasteiger partial charge in [0.05, 0.1) is 19.2 Å². The van der Waals surface area contributed by atoms with Crippen LogP contribution in [0.3, 0.4) is 0 Å². The Morgan fingerprint density at radius 3 is 2.90 bits per heavy atom. The number of hydrogen-bond donors (Lipinski definition) is 2. The van der Waals surface area contributed by atoms with Gasteiger partial charge >= 0.3 is 5.97 Å². The number of sulfonamides is 1. The van der Waals surface area contributed by atoms with Gasteiger partial charge in [-0.15, -0.1) is 0 Å². The van der Waals surface area contributed by atoms with Gasteiger partial charge in [-0.05, 0) is 18.9 Å². The highest BCUT2D eigenvalue weighted by Gasteiger charge is 2.32. The molecule has 1 fully saturated rings. The molecule has 0 amide bonds. The topological polar surface area (TPSA) is 119 Å². The van der Waals surface area contributed by atoms with E-state index in [1.165, 1.54) is 21.4 Å². The predicted molar refractivity (Wildman–Crippen MR) is 70.4 cm³/mol. The summed E-state index contributed by atoms with van der Waals surface area (Å²) in [5.41, 5.74) is 5.56. The summed E-state index contributed by atoms with van der Waals surface area (Å²) in [4.78, 5) is 10.6. The lowest BCUT2D eigenvalue weighted by Gasteiger charge is -2.14. The van der Waals surface area contributed by atoms with Gasteiger partial charge in [0.25, 0.3) is 0 Å². The Morgan fingerprint density at radius 2 is 2.30 bits per heavy atom. The number of carbonyl (C=O) groups is 1. The van der Waals surface area contributed by atoms with Crippen molar-refractivity contribution in [3.8, 4) is 0 Å². The van der Waals surface area contributed by atoms with Crippen LogP contribution in [-0.2, 0) is 21.4 Å². The van der Waals surface area contributed by atoms with Crippen molar-refractivity contribution in [3.63, 3.8) is 0 Å². The second-order valence-corrected chi connectivity index (χ2v) is 6.77. The van der Waals surface area contributed by atoms with Crippen LogP contribution in [0.25, 0.3) is 0 Å². The van der Waals surface area contributed by atoms with Crippen molar-refractivity contribution in [1.29, 1.82) is 0 Å². The molecule has 1 saturated heterocycles. The van der Waals surface area contributed by atoms with E-state index in [2.05, 4.69) is 5.10 Å². The minimum Gasteiger partial charge on any atom is -0.481 e. The molecule has 1 unspecified atom stereocenters. The average molecular weight is 302 g/mol. The number of rotatable bonds is 6. The summed E-state index contributed by atoms with van der Waals surface area (Å²) in [5, 5.41) is 12.5. The van der Waals surface area contributed by atoms with Gasteiger partial charge in [0, 0.05) is 19.3 Å². The summed E-state index contributed by atoms with van der Waals surface area (Å²) in [6.07, 6.45) is 3.30. The van der Waals surface area contributed by atoms with Crippen LogP contribution in [-0.4, -0.2) is 53.2 Å². The van der Waals surface area contributed by atoms with E-state index in [0.29, 0.717) is 19.6 Å². The first kappa shape index (κ1) is 14.9. The quantitative estimate of drug-likeness (QED) is 0.719. The number of aromatic nitrogens is 2. The second kappa shape index (κ2) is 5.90. The highest BCUT2D eigenvalue weighted by molar-refractivity contribution is 7.89. The van der Waals surface area contributed by atoms with E-state index in [0.717, 1.165) is 6.42 Å². The van der Waals surface area contributed by atoms with Gasteiger partial charge < -0.3 is 10.8 Å². The first-order chi connectivity index (χ1) is 9.43. The predicted octanol–water partition coefficient (Wildman–Crippen LogP) is -0.673. The fourth-order valence-corrected chi connectivity index (χ4v) is 3.65. The SMILES string of the molecule is NCC1CCN(S(=O)(=O)c2cnn(CCC(=O)O)c2)C1. The minimum atomic E-state index is -3.55. The molecule has 1 aliphatic rings. The van der Waals surface area contributed by atoms with Crippen molar-refractivity contribution in [2.45, 2.75) is 24.3 Å². The Balaban J connectivity index is 2.08. The first-order valence-electron chi connectivity index (χ1n) is 6.38. The number of carboxylic acids is 1. The monoisotopic (exact) mass is 302 g/mol. The molecule has 2 heterocycles. The number of nitrogens with two attached hydrogens (primary N) is 1. The molecular formula is C11H18N4O4S. The fraction of sp³-hybridized carbons (Fsp3) is 0.636. The van der Waals surface area contributed by atoms with Crippen molar-refractivity contribution in [1.82, 2.24) is 14.1 Å². The molecular weight excluding hydrogens is 284 g/mol. The van der Waals surface area contributed by atoms with Crippen LogP contribution in [0, 0.1) is 5.92 Å². The zero-order valence-corrected chi connectivity index (χ0v) is 11.8. The maximum Gasteiger partial charge on any atom is 0.305 e. The lowest BCUT2D eigenvalue weighted by atomic mass is 10.1. The number of aliphatic carboxylic acids is 1. The Kier molecular flexibility index (Phi) is 4.41. The van der Waals surface area contributed by atoms with Gasteiger partial charge in [0.1, 0.15) is 4.90 Å². The summed E-state index contributed by atoms with van der Waals surface area (Å²) < 4.78 is 27.5. The maximum atomic E-state index is 12.4. The molecule has 20 heavy (non-hydrogen) atoms. The Labute approximate surface area is 117 Å². The van der Waals surface area contributed by atoms with Crippen molar-refractivity contribution in [2.24, 2.45) is 11.7 Å². The number of carboxylic acid groups (broad SMARTS) is 1. The van der Waals surface area contributed by atoms with Crippen molar-refractivity contribution < 1.29 is 18.3 Å². The van der Waals surface area contributed by atoms with Crippen LogP contribution in [0.1, 0.15) is 12.8 Å². The van der Waals surface area contributed by atoms with Crippen molar-refractivity contribution in [3.05, 3.63) is 12.4 Å². The summed E-state index contributed by atoms with van der Waals surface area (Å²) in [5.74, 6) is -0.748. The van der Waals surface area contributed by atoms with E-state index in [-0.39, 0.29) is 23.8 Å². The maximum absolute atomic E-state index is 12.4. The van der Waals surface area contributed by atoms with Gasteiger partial charge in [-0.1, -0.05) is 0 Å². The molecule has 0 bridgehead atoms. The normalized spacial score (nSPS) is 20.4. The van der Waals surface area contributed by atoms with Crippen molar-refractivity contribution in [2.75, 3.05) is 19.6 Å². The van der Waals surface area contributed by atoms with E-state index in [9.17, 15) is 13.2 Å². The lowest BCUT2D eigenvalue weighted by molar-refractivity contribution is -0.137. The van der Waals surface area contributed by atoms with Gasteiger partial charge in [-0.2, -0.15) is 9.40 Å². The zero-order valence-electron chi connectivity index (χ0n) is 11.0. The molecule has 0 spiro atoms. The van der Waals surface area contributed by atoms with Crippen molar-refractivity contribution >= 4 is 16.0 Å². The van der Waals surface area contributed by atoms with Crippen LogP contribution < -0.4 is 5.73 Å². The van der Waals surface area contributed by atoms with Crippen LogP contribution in [0.4, 0.5) is 0 Å². The number of hydrogen-bond acceptors (Lipinski definition) is 5. The Bertz CT molecular complexity index is 583. The molecule has 0 aliphatic carbocycles. The van der Waals surface area contributed by atoms with E-state index >= 15 is 0 Å². The third-order valence-electron chi connectivity index (χ3n) is 3.38. The Hall–Kier alpha value is -1.45.